The standard InChI is InChI=1S/C20H20N2O4S2/c1-14-3-2-7-21-20(14)17(11-15-6-10-27-13-15)22-28(23,24)16-4-5-18-19(12-16)26-9-8-25-18/h2-7,10,12-13,17,22H,8-9,11H2,1H3/t17-/m1/s1. The first kappa shape index (κ1) is 18.9. The summed E-state index contributed by atoms with van der Waals surface area (Å²) in [4.78, 5) is 4.58. The molecule has 0 radical (unpaired) electrons. The van der Waals surface area contributed by atoms with Crippen LogP contribution < -0.4 is 14.2 Å². The minimum atomic E-state index is -3.78. The van der Waals surface area contributed by atoms with Gasteiger partial charge < -0.3 is 9.47 Å². The van der Waals surface area contributed by atoms with Gasteiger partial charge in [0.1, 0.15) is 13.2 Å². The molecule has 1 aliphatic rings. The van der Waals surface area contributed by atoms with Gasteiger partial charge in [-0.15, -0.1) is 0 Å². The Bertz CT molecular complexity index is 1070. The number of aryl methyl sites for hydroxylation is 1. The van der Waals surface area contributed by atoms with Crippen LogP contribution in [0.15, 0.2) is 58.3 Å². The van der Waals surface area contributed by atoms with Crippen LogP contribution in [0.1, 0.15) is 22.9 Å². The average Bonchev–Trinajstić information content (AvgIpc) is 3.20. The fraction of sp³-hybridized carbons (Fsp3) is 0.250. The molecule has 6 nitrogen and oxygen atoms in total. The maximum atomic E-state index is 13.1. The fourth-order valence-corrected chi connectivity index (χ4v) is 5.04. The van der Waals surface area contributed by atoms with Gasteiger partial charge in [-0.25, -0.2) is 13.1 Å². The minimum absolute atomic E-state index is 0.139. The van der Waals surface area contributed by atoms with Gasteiger partial charge in [-0.05, 0) is 59.5 Å². The number of sulfonamides is 1. The number of hydrogen-bond acceptors (Lipinski definition) is 6. The van der Waals surface area contributed by atoms with Crippen molar-refractivity contribution in [3.05, 3.63) is 70.2 Å². The summed E-state index contributed by atoms with van der Waals surface area (Å²) < 4.78 is 40.1. The molecule has 0 saturated heterocycles. The van der Waals surface area contributed by atoms with E-state index in [9.17, 15) is 8.42 Å². The van der Waals surface area contributed by atoms with E-state index in [4.69, 9.17) is 9.47 Å². The smallest absolute Gasteiger partial charge is 0.241 e. The Morgan fingerprint density at radius 3 is 2.75 bits per heavy atom. The molecular formula is C20H20N2O4S2. The van der Waals surface area contributed by atoms with E-state index >= 15 is 0 Å². The third-order valence-corrected chi connectivity index (χ3v) is 6.72. The molecule has 146 valence electrons. The number of aromatic nitrogens is 1. The number of hydrogen-bond donors (Lipinski definition) is 1. The molecular weight excluding hydrogens is 396 g/mol. The fourth-order valence-electron chi connectivity index (χ4n) is 3.15. The average molecular weight is 417 g/mol. The van der Waals surface area contributed by atoms with E-state index in [-0.39, 0.29) is 4.90 Å². The second kappa shape index (κ2) is 7.90. The van der Waals surface area contributed by atoms with Crippen LogP contribution in [0, 0.1) is 6.92 Å². The molecule has 0 aliphatic carbocycles. The molecule has 0 bridgehead atoms. The molecule has 0 spiro atoms. The Morgan fingerprint density at radius 2 is 2.00 bits per heavy atom. The Kier molecular flexibility index (Phi) is 5.34. The van der Waals surface area contributed by atoms with Crippen LogP contribution >= 0.6 is 11.3 Å². The predicted molar refractivity (Wildman–Crippen MR) is 107 cm³/mol. The summed E-state index contributed by atoms with van der Waals surface area (Å²) in [6, 6.07) is 9.95. The van der Waals surface area contributed by atoms with Crippen molar-refractivity contribution < 1.29 is 17.9 Å². The van der Waals surface area contributed by atoms with Gasteiger partial charge in [0.15, 0.2) is 11.5 Å². The Morgan fingerprint density at radius 1 is 1.18 bits per heavy atom. The summed E-state index contributed by atoms with van der Waals surface area (Å²) >= 11 is 1.58. The molecule has 3 aromatic rings. The third-order valence-electron chi connectivity index (χ3n) is 4.52. The molecule has 1 aliphatic heterocycles. The Hall–Kier alpha value is -2.42. The molecule has 3 heterocycles. The largest absolute Gasteiger partial charge is 0.486 e. The summed E-state index contributed by atoms with van der Waals surface area (Å²) in [6.45, 7) is 2.79. The van der Waals surface area contributed by atoms with Gasteiger partial charge in [0, 0.05) is 12.3 Å². The van der Waals surface area contributed by atoms with Crippen LogP contribution in [0.5, 0.6) is 11.5 Å². The lowest BCUT2D eigenvalue weighted by Gasteiger charge is -2.21. The lowest BCUT2D eigenvalue weighted by atomic mass is 10.0. The molecule has 0 unspecified atom stereocenters. The quantitative estimate of drug-likeness (QED) is 0.666. The van der Waals surface area contributed by atoms with E-state index in [0.717, 1.165) is 16.8 Å². The Balaban J connectivity index is 1.66. The second-order valence-electron chi connectivity index (χ2n) is 6.52. The third kappa shape index (κ3) is 4.04. The Labute approximate surface area is 168 Å². The molecule has 1 atom stereocenters. The maximum Gasteiger partial charge on any atom is 0.241 e. The molecule has 0 amide bonds. The van der Waals surface area contributed by atoms with E-state index in [1.165, 1.54) is 12.1 Å². The summed E-state index contributed by atoms with van der Waals surface area (Å²) in [5, 5.41) is 4.00. The van der Waals surface area contributed by atoms with E-state index in [1.54, 1.807) is 23.6 Å². The molecule has 4 rings (SSSR count). The first-order valence-corrected chi connectivity index (χ1v) is 11.3. The molecule has 1 N–H and O–H groups in total. The zero-order valence-corrected chi connectivity index (χ0v) is 16.9. The van der Waals surface area contributed by atoms with Crippen molar-refractivity contribution in [1.82, 2.24) is 9.71 Å². The minimum Gasteiger partial charge on any atom is -0.486 e. The molecule has 0 saturated carbocycles. The summed E-state index contributed by atoms with van der Waals surface area (Å²) in [7, 11) is -3.78. The van der Waals surface area contributed by atoms with E-state index in [1.807, 2.05) is 35.9 Å². The SMILES string of the molecule is Cc1cccnc1[C@@H](Cc1ccsc1)NS(=O)(=O)c1ccc2c(c1)OCCO2. The predicted octanol–water partition coefficient (Wildman–Crippen LogP) is 3.49. The summed E-state index contributed by atoms with van der Waals surface area (Å²) in [5.74, 6) is 0.998. The molecule has 28 heavy (non-hydrogen) atoms. The topological polar surface area (TPSA) is 77.5 Å². The highest BCUT2D eigenvalue weighted by atomic mass is 32.2. The van der Waals surface area contributed by atoms with Crippen molar-refractivity contribution in [2.24, 2.45) is 0 Å². The molecule has 1 aromatic carbocycles. The number of pyridine rings is 1. The van der Waals surface area contributed by atoms with Crippen molar-refractivity contribution in [1.29, 1.82) is 0 Å². The van der Waals surface area contributed by atoms with Gasteiger partial charge in [-0.1, -0.05) is 6.07 Å². The normalized spacial score (nSPS) is 14.6. The number of thiophene rings is 1. The highest BCUT2D eigenvalue weighted by molar-refractivity contribution is 7.89. The first-order chi connectivity index (χ1) is 13.5. The van der Waals surface area contributed by atoms with Crippen LogP contribution in [0.2, 0.25) is 0 Å². The lowest BCUT2D eigenvalue weighted by Crippen LogP contribution is -2.31. The number of ether oxygens (including phenoxy) is 2. The summed E-state index contributed by atoms with van der Waals surface area (Å²) in [5.41, 5.74) is 2.72. The monoisotopic (exact) mass is 416 g/mol. The van der Waals surface area contributed by atoms with Crippen LogP contribution in [-0.4, -0.2) is 26.6 Å². The van der Waals surface area contributed by atoms with Crippen LogP contribution in [0.3, 0.4) is 0 Å². The second-order valence-corrected chi connectivity index (χ2v) is 9.01. The van der Waals surface area contributed by atoms with Crippen LogP contribution in [-0.2, 0) is 16.4 Å². The number of nitrogens with one attached hydrogen (secondary N) is 1. The van der Waals surface area contributed by atoms with Crippen LogP contribution in [0.25, 0.3) is 0 Å². The van der Waals surface area contributed by atoms with Crippen molar-refractivity contribution in [3.8, 4) is 11.5 Å². The summed E-state index contributed by atoms with van der Waals surface area (Å²) in [6.07, 6.45) is 2.20. The van der Waals surface area contributed by atoms with E-state index in [0.29, 0.717) is 31.1 Å². The van der Waals surface area contributed by atoms with Gasteiger partial charge in [0.25, 0.3) is 0 Å². The van der Waals surface area contributed by atoms with E-state index in [2.05, 4.69) is 9.71 Å². The van der Waals surface area contributed by atoms with E-state index < -0.39 is 16.1 Å². The molecule has 8 heteroatoms. The highest BCUT2D eigenvalue weighted by Crippen LogP contribution is 2.33. The molecule has 0 fully saturated rings. The number of benzene rings is 1. The van der Waals surface area contributed by atoms with Crippen molar-refractivity contribution >= 4 is 21.4 Å². The zero-order chi connectivity index (χ0) is 19.6. The number of fused-ring (bicyclic) bond motifs is 1. The number of rotatable bonds is 6. The van der Waals surface area contributed by atoms with Crippen molar-refractivity contribution in [3.63, 3.8) is 0 Å². The van der Waals surface area contributed by atoms with Crippen molar-refractivity contribution in [2.45, 2.75) is 24.3 Å². The molecule has 2 aromatic heterocycles. The van der Waals surface area contributed by atoms with Gasteiger partial charge in [0.05, 0.1) is 16.6 Å². The lowest BCUT2D eigenvalue weighted by molar-refractivity contribution is 0.171. The van der Waals surface area contributed by atoms with Gasteiger partial charge in [-0.3, -0.25) is 4.98 Å². The van der Waals surface area contributed by atoms with Crippen LogP contribution in [0.4, 0.5) is 0 Å². The van der Waals surface area contributed by atoms with Gasteiger partial charge in [0.2, 0.25) is 10.0 Å². The highest BCUT2D eigenvalue weighted by Gasteiger charge is 2.25. The van der Waals surface area contributed by atoms with Gasteiger partial charge in [-0.2, -0.15) is 11.3 Å². The number of nitrogens with zero attached hydrogens (tertiary/aromatic N) is 1. The first-order valence-electron chi connectivity index (χ1n) is 8.87. The maximum absolute atomic E-state index is 13.1. The van der Waals surface area contributed by atoms with Crippen molar-refractivity contribution in [2.75, 3.05) is 13.2 Å². The zero-order valence-electron chi connectivity index (χ0n) is 15.3. The van der Waals surface area contributed by atoms with Gasteiger partial charge >= 0.3 is 0 Å².